The number of H-pyrrole nitrogens is 1. The van der Waals surface area contributed by atoms with Crippen molar-refractivity contribution in [2.45, 2.75) is 25.8 Å². The summed E-state index contributed by atoms with van der Waals surface area (Å²) < 4.78 is 4.47. The number of nitrogens with zero attached hydrogens (tertiary/aromatic N) is 5. The van der Waals surface area contributed by atoms with Crippen LogP contribution in [0.15, 0.2) is 17.2 Å². The average Bonchev–Trinajstić information content (AvgIpc) is 3.27. The van der Waals surface area contributed by atoms with Crippen molar-refractivity contribution in [1.29, 1.82) is 5.26 Å². The Morgan fingerprint density at radius 3 is 2.59 bits per heavy atom. The molecule has 27 heavy (non-hydrogen) atoms. The maximum Gasteiger partial charge on any atom is 0.414 e. The number of likely N-dealkylation sites (tertiary alicyclic amines) is 1. The van der Waals surface area contributed by atoms with Gasteiger partial charge in [-0.15, -0.1) is 0 Å². The summed E-state index contributed by atoms with van der Waals surface area (Å²) in [6.07, 6.45) is 6.75. The van der Waals surface area contributed by atoms with E-state index in [9.17, 15) is 5.21 Å². The molecule has 0 aliphatic carbocycles. The van der Waals surface area contributed by atoms with Gasteiger partial charge in [-0.25, -0.2) is 14.6 Å². The van der Waals surface area contributed by atoms with Gasteiger partial charge >= 0.3 is 11.9 Å². The lowest BCUT2D eigenvalue weighted by molar-refractivity contribution is -0.804. The lowest BCUT2D eigenvalue weighted by Crippen LogP contribution is -2.35. The fourth-order valence-electron chi connectivity index (χ4n) is 2.75. The Bertz CT molecular complexity index is 791. The molecule has 2 aromatic heterocycles. The highest BCUT2D eigenvalue weighted by atomic mass is 16.8. The second kappa shape index (κ2) is 9.30. The molecule has 1 fully saturated rings. The predicted octanol–water partition coefficient (Wildman–Crippen LogP) is -0.487. The molecule has 12 heteroatoms. The van der Waals surface area contributed by atoms with E-state index in [1.165, 1.54) is 5.69 Å². The molecule has 12 nitrogen and oxygen atoms in total. The molecule has 0 bridgehead atoms. The Morgan fingerprint density at radius 2 is 2.07 bits per heavy atom. The monoisotopic (exact) mass is 378 g/mol. The van der Waals surface area contributed by atoms with E-state index >= 15 is 0 Å². The number of rotatable bonds is 4. The summed E-state index contributed by atoms with van der Waals surface area (Å²) in [7, 11) is 0. The van der Waals surface area contributed by atoms with Crippen molar-refractivity contribution >= 4 is 11.9 Å². The third kappa shape index (κ3) is 5.79. The van der Waals surface area contributed by atoms with Crippen LogP contribution < -0.4 is 4.90 Å². The van der Waals surface area contributed by atoms with Crippen LogP contribution in [0, 0.1) is 22.5 Å². The van der Waals surface area contributed by atoms with E-state index in [0.717, 1.165) is 32.4 Å². The van der Waals surface area contributed by atoms with Gasteiger partial charge in [0, 0.05) is 17.0 Å². The van der Waals surface area contributed by atoms with Gasteiger partial charge < -0.3 is 20.4 Å². The minimum Gasteiger partial charge on any atom is -0.473 e. The zero-order valence-corrected chi connectivity index (χ0v) is 14.2. The lowest BCUT2D eigenvalue weighted by Gasteiger charge is -2.30. The molecule has 0 saturated carbocycles. The molecule has 2 aromatic rings. The molecule has 1 aliphatic rings. The molecular weight excluding hydrogens is 360 g/mol. The summed E-state index contributed by atoms with van der Waals surface area (Å²) in [5, 5.41) is 38.5. The number of carboxylic acids is 2. The summed E-state index contributed by atoms with van der Waals surface area (Å²) in [5.74, 6) is -3.01. The quantitative estimate of drug-likeness (QED) is 0.463. The second-order valence-electron chi connectivity index (χ2n) is 5.95. The third-order valence-electron chi connectivity index (χ3n) is 4.11. The molecule has 1 aliphatic heterocycles. The molecule has 0 atom stereocenters. The van der Waals surface area contributed by atoms with Crippen molar-refractivity contribution in [3.05, 3.63) is 34.8 Å². The van der Waals surface area contributed by atoms with E-state index in [-0.39, 0.29) is 10.6 Å². The molecule has 3 heterocycles. The smallest absolute Gasteiger partial charge is 0.414 e. The average molecular weight is 378 g/mol. The summed E-state index contributed by atoms with van der Waals surface area (Å²) in [4.78, 5) is 27.7. The van der Waals surface area contributed by atoms with E-state index < -0.39 is 11.9 Å². The van der Waals surface area contributed by atoms with Gasteiger partial charge in [-0.2, -0.15) is 5.26 Å². The van der Waals surface area contributed by atoms with Crippen LogP contribution in [0.25, 0.3) is 0 Å². The molecule has 1 saturated heterocycles. The zero-order valence-electron chi connectivity index (χ0n) is 14.2. The predicted molar refractivity (Wildman–Crippen MR) is 85.7 cm³/mol. The van der Waals surface area contributed by atoms with Gasteiger partial charge in [0.05, 0.1) is 12.9 Å². The summed E-state index contributed by atoms with van der Waals surface area (Å²) in [5.41, 5.74) is 1.54. The Labute approximate surface area is 153 Å². The largest absolute Gasteiger partial charge is 0.473 e. The van der Waals surface area contributed by atoms with Gasteiger partial charge in [0.25, 0.3) is 11.4 Å². The van der Waals surface area contributed by atoms with Crippen molar-refractivity contribution in [3.8, 4) is 6.07 Å². The first kappa shape index (κ1) is 19.9. The number of hydrogen-bond donors (Lipinski definition) is 3. The van der Waals surface area contributed by atoms with Crippen LogP contribution in [0.5, 0.6) is 0 Å². The second-order valence-corrected chi connectivity index (χ2v) is 5.95. The highest BCUT2D eigenvalue weighted by molar-refractivity contribution is 6.27. The summed E-state index contributed by atoms with van der Waals surface area (Å²) >= 11 is 0. The van der Waals surface area contributed by atoms with Crippen molar-refractivity contribution in [1.82, 2.24) is 20.0 Å². The number of nitriles is 1. The van der Waals surface area contributed by atoms with E-state index in [0.29, 0.717) is 18.2 Å². The first-order valence-electron chi connectivity index (χ1n) is 8.05. The molecule has 0 spiro atoms. The maximum atomic E-state index is 11.2. The van der Waals surface area contributed by atoms with Crippen LogP contribution in [0.2, 0.25) is 0 Å². The van der Waals surface area contributed by atoms with E-state index in [1.807, 2.05) is 12.3 Å². The zero-order chi connectivity index (χ0) is 19.8. The highest BCUT2D eigenvalue weighted by Crippen LogP contribution is 2.22. The maximum absolute atomic E-state index is 11.2. The Morgan fingerprint density at radius 1 is 1.41 bits per heavy atom. The van der Waals surface area contributed by atoms with Crippen LogP contribution in [-0.4, -0.2) is 55.3 Å². The number of imidazole rings is 1. The van der Waals surface area contributed by atoms with Gasteiger partial charge in [0.15, 0.2) is 6.07 Å². The first-order valence-corrected chi connectivity index (χ1v) is 8.05. The standard InChI is InChI=1S/C13H16N6O2.C2H2O4/c14-6-13-12(17-21-19(13)20)8-18-3-1-10(2-4-18)5-11-7-15-9-16-11;3-1(4)2(5)6/h7,9-10H,1-5,8H2,(H,15,16);(H,3,4)(H,5,6). The fraction of sp³-hybridized carbons (Fsp3) is 0.467. The molecule has 0 radical (unpaired) electrons. The fourth-order valence-corrected chi connectivity index (χ4v) is 2.75. The molecule has 3 N–H and O–H groups in total. The van der Waals surface area contributed by atoms with Crippen LogP contribution >= 0.6 is 0 Å². The van der Waals surface area contributed by atoms with Gasteiger partial charge in [-0.05, 0) is 43.2 Å². The van der Waals surface area contributed by atoms with Crippen molar-refractivity contribution < 1.29 is 29.3 Å². The van der Waals surface area contributed by atoms with Gasteiger partial charge in [0.1, 0.15) is 0 Å². The molecular formula is C15H18N6O6. The number of aromatic nitrogens is 4. The van der Waals surface area contributed by atoms with Gasteiger partial charge in [-0.3, -0.25) is 9.53 Å². The van der Waals surface area contributed by atoms with E-state index in [2.05, 4.69) is 24.7 Å². The van der Waals surface area contributed by atoms with Crippen LogP contribution in [0.3, 0.4) is 0 Å². The lowest BCUT2D eigenvalue weighted by atomic mass is 9.92. The van der Waals surface area contributed by atoms with Crippen molar-refractivity contribution in [3.63, 3.8) is 0 Å². The first-order chi connectivity index (χ1) is 12.9. The van der Waals surface area contributed by atoms with Crippen LogP contribution in [0.1, 0.15) is 29.9 Å². The number of hydrogen-bond acceptors (Lipinski definition) is 8. The number of aromatic amines is 1. The number of aliphatic carboxylic acids is 2. The summed E-state index contributed by atoms with van der Waals surface area (Å²) in [6, 6.07) is 1.83. The van der Waals surface area contributed by atoms with Gasteiger partial charge in [-0.1, -0.05) is 0 Å². The van der Waals surface area contributed by atoms with Crippen molar-refractivity contribution in [2.75, 3.05) is 13.1 Å². The Hall–Kier alpha value is -3.46. The number of nitrogens with one attached hydrogen (secondary N) is 1. The highest BCUT2D eigenvalue weighted by Gasteiger charge is 2.25. The molecule has 0 amide bonds. The number of carboxylic acid groups (broad SMARTS) is 2. The normalized spacial score (nSPS) is 14.8. The molecule has 0 aromatic carbocycles. The number of carbonyl (C=O) groups is 2. The Kier molecular flexibility index (Phi) is 6.84. The molecule has 3 rings (SSSR count). The molecule has 0 unspecified atom stereocenters. The molecule has 144 valence electrons. The summed E-state index contributed by atoms with van der Waals surface area (Å²) in [6.45, 7) is 2.34. The van der Waals surface area contributed by atoms with E-state index in [1.54, 1.807) is 6.33 Å². The third-order valence-corrected chi connectivity index (χ3v) is 4.11. The van der Waals surface area contributed by atoms with Crippen molar-refractivity contribution in [2.24, 2.45) is 5.92 Å². The SMILES string of the molecule is N#Cc1c(CN2CCC(Cc3cnc[nH]3)CC2)no[n+]1[O-].O=C(O)C(=O)O. The number of piperidine rings is 1. The van der Waals surface area contributed by atoms with Crippen LogP contribution in [0.4, 0.5) is 0 Å². The van der Waals surface area contributed by atoms with E-state index in [4.69, 9.17) is 25.1 Å². The topological polar surface area (TPSA) is 183 Å². The van der Waals surface area contributed by atoms with Gasteiger partial charge in [0.2, 0.25) is 0 Å². The van der Waals surface area contributed by atoms with Crippen LogP contribution in [-0.2, 0) is 22.6 Å². The minimum atomic E-state index is -1.82. The Balaban J connectivity index is 0.000000380. The minimum absolute atomic E-state index is 0.0467.